The fourth-order valence-corrected chi connectivity index (χ4v) is 3.51. The summed E-state index contributed by atoms with van der Waals surface area (Å²) >= 11 is 0. The van der Waals surface area contributed by atoms with Crippen molar-refractivity contribution in [3.63, 3.8) is 0 Å². The second kappa shape index (κ2) is 7.30. The molecule has 1 aliphatic rings. The van der Waals surface area contributed by atoms with Gasteiger partial charge < -0.3 is 13.9 Å². The molecule has 0 saturated heterocycles. The summed E-state index contributed by atoms with van der Waals surface area (Å²) in [6, 6.07) is 3.19. The highest BCUT2D eigenvalue weighted by Crippen LogP contribution is 2.44. The molecule has 0 amide bonds. The Balaban J connectivity index is 2.50. The van der Waals surface area contributed by atoms with Crippen molar-refractivity contribution in [2.75, 3.05) is 7.11 Å². The highest BCUT2D eigenvalue weighted by molar-refractivity contribution is 6.16. The minimum Gasteiger partial charge on any atom is -0.496 e. The van der Waals surface area contributed by atoms with Crippen LogP contribution in [0.2, 0.25) is 0 Å². The predicted molar refractivity (Wildman–Crippen MR) is 110 cm³/mol. The molecule has 0 radical (unpaired) electrons. The third kappa shape index (κ3) is 3.37. The predicted octanol–water partition coefficient (Wildman–Crippen LogP) is 5.05. The highest BCUT2D eigenvalue weighted by Gasteiger charge is 2.32. The molecule has 3 rings (SSSR count). The van der Waals surface area contributed by atoms with Gasteiger partial charge in [0.1, 0.15) is 17.1 Å². The van der Waals surface area contributed by atoms with Crippen LogP contribution in [-0.2, 0) is 11.2 Å². The fraction of sp³-hybridized carbons (Fsp3) is 0.391. The second-order valence-corrected chi connectivity index (χ2v) is 7.56. The molecule has 1 aromatic heterocycles. The van der Waals surface area contributed by atoms with Crippen molar-refractivity contribution >= 4 is 22.5 Å². The number of Topliss-reactive ketones (excluding diaryl/α,β-unsaturated/α-hetero) is 1. The Morgan fingerprint density at radius 2 is 2.00 bits per heavy atom. The zero-order valence-corrected chi connectivity index (χ0v) is 17.3. The van der Waals surface area contributed by atoms with E-state index in [9.17, 15) is 9.59 Å². The minimum atomic E-state index is -0.602. The lowest BCUT2D eigenvalue weighted by Gasteiger charge is -2.32. The molecule has 0 bridgehead atoms. The molecule has 5 heteroatoms. The average Bonchev–Trinajstić information content (AvgIpc) is 2.64. The van der Waals surface area contributed by atoms with Crippen molar-refractivity contribution in [2.24, 2.45) is 0 Å². The van der Waals surface area contributed by atoms with Gasteiger partial charge in [0.2, 0.25) is 0 Å². The van der Waals surface area contributed by atoms with Crippen molar-refractivity contribution in [3.8, 4) is 5.75 Å². The molecule has 1 aliphatic heterocycles. The Morgan fingerprint density at radius 3 is 2.61 bits per heavy atom. The van der Waals surface area contributed by atoms with Gasteiger partial charge in [-0.3, -0.25) is 4.79 Å². The number of carbonyl (C=O) groups is 1. The van der Waals surface area contributed by atoms with Crippen molar-refractivity contribution < 1.29 is 18.7 Å². The summed E-state index contributed by atoms with van der Waals surface area (Å²) in [5, 5.41) is 0.668. The molecule has 2 heterocycles. The quantitative estimate of drug-likeness (QED) is 0.411. The fourth-order valence-electron chi connectivity index (χ4n) is 3.51. The molecule has 0 N–H and O–H groups in total. The Kier molecular flexibility index (Phi) is 5.20. The summed E-state index contributed by atoms with van der Waals surface area (Å²) in [6.45, 7) is 9.45. The Hall–Kier alpha value is -2.82. The lowest BCUT2D eigenvalue weighted by atomic mass is 9.91. The van der Waals surface area contributed by atoms with Gasteiger partial charge in [0.05, 0.1) is 23.6 Å². The molecule has 0 unspecified atom stereocenters. The van der Waals surface area contributed by atoms with E-state index in [1.165, 1.54) is 6.07 Å². The third-order valence-corrected chi connectivity index (χ3v) is 4.93. The van der Waals surface area contributed by atoms with Gasteiger partial charge in [-0.25, -0.2) is 4.79 Å². The molecule has 2 aromatic rings. The first-order chi connectivity index (χ1) is 13.2. The minimum absolute atomic E-state index is 0.188. The van der Waals surface area contributed by atoms with Crippen LogP contribution in [0, 0.1) is 0 Å². The van der Waals surface area contributed by atoms with Crippen molar-refractivity contribution in [1.82, 2.24) is 0 Å². The molecular formula is C23H26O5. The lowest BCUT2D eigenvalue weighted by molar-refractivity contribution is 0.103. The highest BCUT2D eigenvalue weighted by atomic mass is 16.5. The molecule has 148 valence electrons. The van der Waals surface area contributed by atoms with E-state index in [-0.39, 0.29) is 11.4 Å². The number of allylic oxidation sites excluding steroid dienone is 2. The molecule has 0 fully saturated rings. The number of hydrogen-bond donors (Lipinski definition) is 0. The largest absolute Gasteiger partial charge is 0.496 e. The summed E-state index contributed by atoms with van der Waals surface area (Å²) in [5.74, 6) is 1.03. The summed E-state index contributed by atoms with van der Waals surface area (Å²) in [6.07, 6.45) is 5.14. The number of carbonyl (C=O) groups excluding carboxylic acids is 1. The van der Waals surface area contributed by atoms with Crippen LogP contribution in [-0.4, -0.2) is 18.5 Å². The summed E-state index contributed by atoms with van der Waals surface area (Å²) in [5.41, 5.74) is 1.61. The van der Waals surface area contributed by atoms with Crippen molar-refractivity contribution in [3.05, 3.63) is 57.0 Å². The zero-order chi connectivity index (χ0) is 20.6. The van der Waals surface area contributed by atoms with Gasteiger partial charge in [0, 0.05) is 12.1 Å². The number of rotatable bonds is 5. The van der Waals surface area contributed by atoms with Gasteiger partial charge in [0.25, 0.3) is 0 Å². The molecule has 28 heavy (non-hydrogen) atoms. The van der Waals surface area contributed by atoms with Gasteiger partial charge in [0.15, 0.2) is 11.4 Å². The normalized spacial score (nSPS) is 15.6. The van der Waals surface area contributed by atoms with E-state index >= 15 is 0 Å². The van der Waals surface area contributed by atoms with Gasteiger partial charge in [-0.2, -0.15) is 0 Å². The Morgan fingerprint density at radius 1 is 1.29 bits per heavy atom. The van der Waals surface area contributed by atoms with E-state index in [1.54, 1.807) is 33.1 Å². The Labute approximate surface area is 164 Å². The third-order valence-electron chi connectivity index (χ3n) is 4.93. The standard InChI is InChI=1S/C23H26O5/c1-7-9-14-10-18(24)27-21-16(20(25)13(3)8-2)11-15-17(26-6)12-23(4,5)28-22(15)19(14)21/h8,10-12H,7,9H2,1-6H3/b13-8+. The van der Waals surface area contributed by atoms with E-state index in [2.05, 4.69) is 0 Å². The molecular weight excluding hydrogens is 356 g/mol. The molecule has 5 nitrogen and oxygen atoms in total. The zero-order valence-electron chi connectivity index (χ0n) is 17.3. The maximum atomic E-state index is 13.0. The topological polar surface area (TPSA) is 65.7 Å². The second-order valence-electron chi connectivity index (χ2n) is 7.56. The van der Waals surface area contributed by atoms with Crippen LogP contribution in [0.1, 0.15) is 62.5 Å². The van der Waals surface area contributed by atoms with E-state index in [0.717, 1.165) is 12.0 Å². The number of ketones is 1. The van der Waals surface area contributed by atoms with E-state index < -0.39 is 11.2 Å². The first-order valence-corrected chi connectivity index (χ1v) is 9.50. The van der Waals surface area contributed by atoms with Crippen LogP contribution in [0.3, 0.4) is 0 Å². The van der Waals surface area contributed by atoms with Gasteiger partial charge in [-0.15, -0.1) is 0 Å². The van der Waals surface area contributed by atoms with Crippen molar-refractivity contribution in [1.29, 1.82) is 0 Å². The van der Waals surface area contributed by atoms with E-state index in [4.69, 9.17) is 13.9 Å². The number of aryl methyl sites for hydroxylation is 1. The lowest BCUT2D eigenvalue weighted by Crippen LogP contribution is -2.30. The number of fused-ring (bicyclic) bond motifs is 3. The summed E-state index contributed by atoms with van der Waals surface area (Å²) in [4.78, 5) is 25.3. The van der Waals surface area contributed by atoms with Crippen LogP contribution in [0.4, 0.5) is 0 Å². The molecule has 0 spiro atoms. The van der Waals surface area contributed by atoms with E-state index in [1.807, 2.05) is 26.8 Å². The monoisotopic (exact) mass is 382 g/mol. The van der Waals surface area contributed by atoms with Crippen molar-refractivity contribution in [2.45, 2.75) is 53.1 Å². The van der Waals surface area contributed by atoms with E-state index in [0.29, 0.717) is 40.0 Å². The first-order valence-electron chi connectivity index (χ1n) is 9.50. The number of ether oxygens (including phenoxy) is 2. The number of methoxy groups -OCH3 is 1. The van der Waals surface area contributed by atoms with Gasteiger partial charge in [-0.1, -0.05) is 19.4 Å². The smallest absolute Gasteiger partial charge is 0.336 e. The van der Waals surface area contributed by atoms with Crippen LogP contribution < -0.4 is 10.4 Å². The average molecular weight is 382 g/mol. The number of benzene rings is 1. The summed E-state index contributed by atoms with van der Waals surface area (Å²) in [7, 11) is 1.60. The maximum Gasteiger partial charge on any atom is 0.336 e. The van der Waals surface area contributed by atoms with Crippen LogP contribution >= 0.6 is 0 Å². The molecule has 0 aliphatic carbocycles. The Bertz CT molecular complexity index is 1070. The summed E-state index contributed by atoms with van der Waals surface area (Å²) < 4.78 is 17.4. The molecule has 0 saturated carbocycles. The van der Waals surface area contributed by atoms with Crippen LogP contribution in [0.5, 0.6) is 5.75 Å². The maximum absolute atomic E-state index is 13.0. The molecule has 0 atom stereocenters. The first kappa shape index (κ1) is 19.9. The van der Waals surface area contributed by atoms with Crippen LogP contribution in [0.25, 0.3) is 16.7 Å². The van der Waals surface area contributed by atoms with Crippen LogP contribution in [0.15, 0.2) is 39.1 Å². The van der Waals surface area contributed by atoms with Gasteiger partial charge in [-0.05, 0) is 51.3 Å². The molecule has 1 aromatic carbocycles. The van der Waals surface area contributed by atoms with Gasteiger partial charge >= 0.3 is 5.63 Å². The number of hydrogen-bond acceptors (Lipinski definition) is 5. The SMILES string of the molecule is C/C=C(\C)C(=O)c1cc2c(c3c(CCC)cc(=O)oc13)OC(C)(C)C=C2OC.